The first-order valence-corrected chi connectivity index (χ1v) is 11.2. The van der Waals surface area contributed by atoms with Crippen LogP contribution >= 0.6 is 11.8 Å². The molecule has 0 radical (unpaired) electrons. The van der Waals surface area contributed by atoms with Crippen LogP contribution in [0.4, 0.5) is 0 Å². The van der Waals surface area contributed by atoms with E-state index in [0.717, 1.165) is 34.8 Å². The monoisotopic (exact) mass is 409 g/mol. The van der Waals surface area contributed by atoms with E-state index >= 15 is 0 Å². The van der Waals surface area contributed by atoms with E-state index in [1.165, 1.54) is 11.4 Å². The lowest BCUT2D eigenvalue weighted by molar-refractivity contribution is 0.116. The molecule has 2 rings (SSSR count). The highest BCUT2D eigenvalue weighted by molar-refractivity contribution is 7.99. The van der Waals surface area contributed by atoms with Crippen molar-refractivity contribution >= 4 is 21.8 Å². The van der Waals surface area contributed by atoms with Crippen LogP contribution in [0.15, 0.2) is 58.3 Å². The summed E-state index contributed by atoms with van der Waals surface area (Å²) in [5, 5.41) is 0. The van der Waals surface area contributed by atoms with Gasteiger partial charge in [-0.3, -0.25) is 0 Å². The van der Waals surface area contributed by atoms with Crippen LogP contribution in [0.3, 0.4) is 0 Å². The summed E-state index contributed by atoms with van der Waals surface area (Å²) >= 11 is 1.74. The van der Waals surface area contributed by atoms with Gasteiger partial charge in [0.1, 0.15) is 12.5 Å². The predicted octanol–water partition coefficient (Wildman–Crippen LogP) is 4.17. The molecule has 0 atom stereocenters. The summed E-state index contributed by atoms with van der Waals surface area (Å²) in [6.07, 6.45) is 1.68. The number of sulfonamides is 1. The lowest BCUT2D eigenvalue weighted by Gasteiger charge is -2.21. The fraction of sp³-hybridized carbons (Fsp3) is 0.400. The van der Waals surface area contributed by atoms with Gasteiger partial charge in [-0.15, -0.1) is 11.8 Å². The largest absolute Gasteiger partial charge is 0.497 e. The summed E-state index contributed by atoms with van der Waals surface area (Å²) in [5.74, 6) is 1.76. The molecule has 0 bridgehead atoms. The van der Waals surface area contributed by atoms with Gasteiger partial charge >= 0.3 is 0 Å². The second-order valence-corrected chi connectivity index (χ2v) is 9.25. The van der Waals surface area contributed by atoms with E-state index in [9.17, 15) is 8.42 Å². The average Bonchev–Trinajstić information content (AvgIpc) is 2.67. The van der Waals surface area contributed by atoms with Gasteiger partial charge in [-0.2, -0.15) is 4.31 Å². The zero-order valence-corrected chi connectivity index (χ0v) is 17.7. The number of benzene rings is 2. The van der Waals surface area contributed by atoms with Crippen LogP contribution in [-0.4, -0.2) is 46.0 Å². The molecule has 0 N–H and O–H groups in total. The standard InChI is InChI=1S/C20H27NO4S2/c1-17-9-11-20(12-10-17)27(22,23)21(16-24-2)13-4-5-14-26-19-8-6-7-18(15-19)25-3/h6-12,15H,4-5,13-14,16H2,1-3H3. The molecule has 2 aromatic rings. The van der Waals surface area contributed by atoms with Crippen LogP contribution in [0.5, 0.6) is 5.75 Å². The van der Waals surface area contributed by atoms with Gasteiger partial charge in [0.15, 0.2) is 0 Å². The number of ether oxygens (including phenoxy) is 2. The molecule has 0 unspecified atom stereocenters. The van der Waals surface area contributed by atoms with Gasteiger partial charge in [0, 0.05) is 18.6 Å². The number of unbranched alkanes of at least 4 members (excludes halogenated alkanes) is 1. The molecule has 7 heteroatoms. The first kappa shape index (κ1) is 21.8. The van der Waals surface area contributed by atoms with Gasteiger partial charge in [0.05, 0.1) is 12.0 Å². The summed E-state index contributed by atoms with van der Waals surface area (Å²) in [4.78, 5) is 1.45. The molecule has 0 spiro atoms. The normalized spacial score (nSPS) is 11.7. The summed E-state index contributed by atoms with van der Waals surface area (Å²) in [6, 6.07) is 14.8. The molecule has 148 valence electrons. The van der Waals surface area contributed by atoms with Crippen molar-refractivity contribution in [2.45, 2.75) is 29.6 Å². The molecule has 0 fully saturated rings. The molecule has 0 aliphatic rings. The minimum atomic E-state index is -3.54. The van der Waals surface area contributed by atoms with E-state index < -0.39 is 10.0 Å². The van der Waals surface area contributed by atoms with Gasteiger partial charge in [-0.25, -0.2) is 8.42 Å². The van der Waals surface area contributed by atoms with Crippen molar-refractivity contribution in [3.63, 3.8) is 0 Å². The maximum Gasteiger partial charge on any atom is 0.245 e. The second-order valence-electron chi connectivity index (χ2n) is 6.15. The fourth-order valence-electron chi connectivity index (χ4n) is 2.53. The summed E-state index contributed by atoms with van der Waals surface area (Å²) in [5.41, 5.74) is 1.03. The highest BCUT2D eigenvalue weighted by atomic mass is 32.2. The van der Waals surface area contributed by atoms with Gasteiger partial charge in [-0.05, 0) is 55.9 Å². The van der Waals surface area contributed by atoms with E-state index in [4.69, 9.17) is 9.47 Å². The molecule has 0 aromatic heterocycles. The number of methoxy groups -OCH3 is 2. The number of nitrogens with zero attached hydrogens (tertiary/aromatic N) is 1. The molecule has 0 saturated heterocycles. The first-order valence-electron chi connectivity index (χ1n) is 8.80. The molecule has 5 nitrogen and oxygen atoms in total. The third-order valence-electron chi connectivity index (χ3n) is 4.04. The van der Waals surface area contributed by atoms with E-state index in [-0.39, 0.29) is 6.73 Å². The van der Waals surface area contributed by atoms with Gasteiger partial charge in [0.2, 0.25) is 10.0 Å². The van der Waals surface area contributed by atoms with Crippen molar-refractivity contribution in [3.05, 3.63) is 54.1 Å². The van der Waals surface area contributed by atoms with E-state index in [1.807, 2.05) is 43.3 Å². The lowest BCUT2D eigenvalue weighted by Crippen LogP contribution is -2.33. The van der Waals surface area contributed by atoms with E-state index in [2.05, 4.69) is 0 Å². The van der Waals surface area contributed by atoms with Crippen LogP contribution in [0, 0.1) is 6.92 Å². The Morgan fingerprint density at radius 3 is 2.44 bits per heavy atom. The Balaban J connectivity index is 1.87. The zero-order chi connectivity index (χ0) is 19.7. The third kappa shape index (κ3) is 6.53. The molecular weight excluding hydrogens is 382 g/mol. The van der Waals surface area contributed by atoms with E-state index in [0.29, 0.717) is 11.4 Å². The maximum atomic E-state index is 12.8. The number of aryl methyl sites for hydroxylation is 1. The summed E-state index contributed by atoms with van der Waals surface area (Å²) in [6.45, 7) is 2.42. The van der Waals surface area contributed by atoms with Crippen molar-refractivity contribution < 1.29 is 17.9 Å². The molecule has 0 amide bonds. The van der Waals surface area contributed by atoms with Crippen molar-refractivity contribution in [1.29, 1.82) is 0 Å². The lowest BCUT2D eigenvalue weighted by atomic mass is 10.2. The molecule has 0 aliphatic carbocycles. The van der Waals surface area contributed by atoms with Crippen molar-refractivity contribution in [2.75, 3.05) is 33.2 Å². The topological polar surface area (TPSA) is 55.8 Å². The average molecular weight is 410 g/mol. The Morgan fingerprint density at radius 2 is 1.78 bits per heavy atom. The van der Waals surface area contributed by atoms with Crippen molar-refractivity contribution in [1.82, 2.24) is 4.31 Å². The van der Waals surface area contributed by atoms with Crippen LogP contribution < -0.4 is 4.74 Å². The molecule has 0 saturated carbocycles. The Hall–Kier alpha value is -1.54. The van der Waals surface area contributed by atoms with Crippen molar-refractivity contribution in [2.24, 2.45) is 0 Å². The fourth-order valence-corrected chi connectivity index (χ4v) is 4.88. The van der Waals surface area contributed by atoms with E-state index in [1.54, 1.807) is 31.0 Å². The molecule has 0 heterocycles. The number of thioether (sulfide) groups is 1. The van der Waals surface area contributed by atoms with Gasteiger partial charge in [-0.1, -0.05) is 23.8 Å². The highest BCUT2D eigenvalue weighted by Gasteiger charge is 2.23. The van der Waals surface area contributed by atoms with Gasteiger partial charge < -0.3 is 9.47 Å². The Labute approximate surface area is 166 Å². The summed E-state index contributed by atoms with van der Waals surface area (Å²) < 4.78 is 37.4. The van der Waals surface area contributed by atoms with Gasteiger partial charge in [0.25, 0.3) is 0 Å². The number of hydrogen-bond donors (Lipinski definition) is 0. The van der Waals surface area contributed by atoms with Crippen LogP contribution in [0.25, 0.3) is 0 Å². The maximum absolute atomic E-state index is 12.8. The predicted molar refractivity (Wildman–Crippen MR) is 110 cm³/mol. The second kappa shape index (κ2) is 10.7. The Bertz CT molecular complexity index is 807. The smallest absolute Gasteiger partial charge is 0.245 e. The quantitative estimate of drug-likeness (QED) is 0.317. The van der Waals surface area contributed by atoms with Crippen LogP contribution in [0.2, 0.25) is 0 Å². The molecular formula is C20H27NO4S2. The zero-order valence-electron chi connectivity index (χ0n) is 16.1. The molecule has 27 heavy (non-hydrogen) atoms. The molecule has 2 aromatic carbocycles. The number of rotatable bonds is 11. The Kier molecular flexibility index (Phi) is 8.63. The summed E-state index contributed by atoms with van der Waals surface area (Å²) in [7, 11) is -0.378. The minimum absolute atomic E-state index is 0.0548. The third-order valence-corrected chi connectivity index (χ3v) is 6.96. The molecule has 0 aliphatic heterocycles. The first-order chi connectivity index (χ1) is 13.0. The SMILES string of the molecule is COCN(CCCCSc1cccc(OC)c1)S(=O)(=O)c1ccc(C)cc1. The minimum Gasteiger partial charge on any atom is -0.497 e. The highest BCUT2D eigenvalue weighted by Crippen LogP contribution is 2.24. The van der Waals surface area contributed by atoms with Crippen LogP contribution in [-0.2, 0) is 14.8 Å². The Morgan fingerprint density at radius 1 is 1.04 bits per heavy atom. The van der Waals surface area contributed by atoms with Crippen LogP contribution in [0.1, 0.15) is 18.4 Å². The number of hydrogen-bond acceptors (Lipinski definition) is 5. The van der Waals surface area contributed by atoms with Crippen molar-refractivity contribution in [3.8, 4) is 5.75 Å².